The van der Waals surface area contributed by atoms with Gasteiger partial charge in [-0.3, -0.25) is 10.1 Å². The Morgan fingerprint density at radius 3 is 2.93 bits per heavy atom. The third-order valence-corrected chi connectivity index (χ3v) is 1.39. The number of rotatable bonds is 4. The van der Waals surface area contributed by atoms with Crippen LogP contribution in [0.25, 0.3) is 0 Å². The number of halogens is 1. The molecule has 0 atom stereocenters. The smallest absolute Gasteiger partial charge is 0.311 e. The largest absolute Gasteiger partial charge is 0.395 e. The minimum Gasteiger partial charge on any atom is -0.395 e. The second kappa shape index (κ2) is 6.11. The zero-order valence-corrected chi connectivity index (χ0v) is 8.03. The van der Waals surface area contributed by atoms with Gasteiger partial charge in [-0.25, -0.2) is 4.98 Å². The Morgan fingerprint density at radius 1 is 1.64 bits per heavy atom. The van der Waals surface area contributed by atoms with Crippen LogP contribution < -0.4 is 5.32 Å². The third-order valence-electron chi connectivity index (χ3n) is 1.39. The summed E-state index contributed by atoms with van der Waals surface area (Å²) in [5.41, 5.74) is -0.0871. The van der Waals surface area contributed by atoms with Gasteiger partial charge in [-0.15, -0.1) is 12.4 Å². The monoisotopic (exact) mass is 219 g/mol. The second-order valence-electron chi connectivity index (χ2n) is 2.28. The lowest BCUT2D eigenvalue weighted by molar-refractivity contribution is -0.384. The summed E-state index contributed by atoms with van der Waals surface area (Å²) in [6.07, 6.45) is 1.45. The molecular formula is C7H10ClN3O3. The van der Waals surface area contributed by atoms with Gasteiger partial charge < -0.3 is 10.4 Å². The third kappa shape index (κ3) is 3.15. The molecule has 0 bridgehead atoms. The fourth-order valence-electron chi connectivity index (χ4n) is 0.855. The van der Waals surface area contributed by atoms with E-state index in [1.807, 2.05) is 0 Å². The second-order valence-corrected chi connectivity index (χ2v) is 2.28. The van der Waals surface area contributed by atoms with E-state index in [1.54, 1.807) is 0 Å². The number of nitrogens with zero attached hydrogens (tertiary/aromatic N) is 2. The van der Waals surface area contributed by atoms with Crippen molar-refractivity contribution in [2.24, 2.45) is 0 Å². The highest BCUT2D eigenvalue weighted by Gasteiger charge is 2.12. The molecule has 7 heteroatoms. The zero-order chi connectivity index (χ0) is 9.68. The molecule has 0 aliphatic rings. The van der Waals surface area contributed by atoms with Gasteiger partial charge in [0.1, 0.15) is 0 Å². The van der Waals surface area contributed by atoms with Gasteiger partial charge in [0, 0.05) is 18.8 Å². The van der Waals surface area contributed by atoms with Crippen LogP contribution in [0.15, 0.2) is 18.3 Å². The maximum atomic E-state index is 10.4. The van der Waals surface area contributed by atoms with Crippen LogP contribution in [0.4, 0.5) is 11.5 Å². The molecule has 0 fully saturated rings. The van der Waals surface area contributed by atoms with Gasteiger partial charge in [0.25, 0.3) is 0 Å². The Labute approximate surface area is 86.5 Å². The summed E-state index contributed by atoms with van der Waals surface area (Å²) in [5.74, 6) is 0.182. The van der Waals surface area contributed by atoms with E-state index < -0.39 is 4.92 Å². The minimum atomic E-state index is -0.521. The SMILES string of the molecule is Cl.O=[N+]([O-])c1cccnc1NCCO. The first-order valence-electron chi connectivity index (χ1n) is 3.70. The Bertz CT molecular complexity index is 308. The lowest BCUT2D eigenvalue weighted by atomic mass is 10.4. The van der Waals surface area contributed by atoms with Gasteiger partial charge in [-0.1, -0.05) is 0 Å². The molecule has 78 valence electrons. The van der Waals surface area contributed by atoms with E-state index in [-0.39, 0.29) is 37.1 Å². The molecule has 0 aliphatic heterocycles. The first kappa shape index (κ1) is 12.6. The zero-order valence-electron chi connectivity index (χ0n) is 7.21. The number of hydrogen-bond acceptors (Lipinski definition) is 5. The normalized spacial score (nSPS) is 8.93. The molecule has 0 saturated heterocycles. The summed E-state index contributed by atoms with van der Waals surface area (Å²) in [6, 6.07) is 2.84. The van der Waals surface area contributed by atoms with Crippen molar-refractivity contribution < 1.29 is 10.0 Å². The predicted molar refractivity (Wildman–Crippen MR) is 53.7 cm³/mol. The topological polar surface area (TPSA) is 88.3 Å². The van der Waals surface area contributed by atoms with Crippen LogP contribution >= 0.6 is 12.4 Å². The highest BCUT2D eigenvalue weighted by Crippen LogP contribution is 2.19. The van der Waals surface area contributed by atoms with Crippen molar-refractivity contribution in [3.8, 4) is 0 Å². The van der Waals surface area contributed by atoms with E-state index in [4.69, 9.17) is 5.11 Å². The summed E-state index contributed by atoms with van der Waals surface area (Å²) < 4.78 is 0. The molecule has 0 aliphatic carbocycles. The van der Waals surface area contributed by atoms with Gasteiger partial charge in [0.2, 0.25) is 5.82 Å². The van der Waals surface area contributed by atoms with Crippen molar-refractivity contribution >= 4 is 23.9 Å². The highest BCUT2D eigenvalue weighted by molar-refractivity contribution is 5.85. The number of aromatic nitrogens is 1. The summed E-state index contributed by atoms with van der Waals surface area (Å²) in [7, 11) is 0. The van der Waals surface area contributed by atoms with Crippen molar-refractivity contribution in [1.29, 1.82) is 0 Å². The summed E-state index contributed by atoms with van der Waals surface area (Å²) >= 11 is 0. The van der Waals surface area contributed by atoms with E-state index in [9.17, 15) is 10.1 Å². The fraction of sp³-hybridized carbons (Fsp3) is 0.286. The van der Waals surface area contributed by atoms with Crippen LogP contribution in [0.5, 0.6) is 0 Å². The van der Waals surface area contributed by atoms with E-state index in [0.29, 0.717) is 0 Å². The van der Waals surface area contributed by atoms with E-state index in [0.717, 1.165) is 0 Å². The van der Waals surface area contributed by atoms with Crippen LogP contribution in [-0.2, 0) is 0 Å². The van der Waals surface area contributed by atoms with Gasteiger partial charge in [0.15, 0.2) is 0 Å². The highest BCUT2D eigenvalue weighted by atomic mass is 35.5. The number of nitrogens with one attached hydrogen (secondary N) is 1. The first-order valence-corrected chi connectivity index (χ1v) is 3.70. The number of aliphatic hydroxyl groups excluding tert-OH is 1. The maximum Gasteiger partial charge on any atom is 0.311 e. The number of pyridine rings is 1. The van der Waals surface area contributed by atoms with E-state index in [2.05, 4.69) is 10.3 Å². The van der Waals surface area contributed by atoms with Crippen molar-refractivity contribution in [1.82, 2.24) is 4.98 Å². The average Bonchev–Trinajstić information content (AvgIpc) is 2.15. The molecule has 1 aromatic heterocycles. The lowest BCUT2D eigenvalue weighted by Crippen LogP contribution is -2.08. The van der Waals surface area contributed by atoms with Crippen LogP contribution in [0, 0.1) is 10.1 Å². The fourth-order valence-corrected chi connectivity index (χ4v) is 0.855. The van der Waals surface area contributed by atoms with Crippen LogP contribution in [0.2, 0.25) is 0 Å². The number of aliphatic hydroxyl groups is 1. The number of anilines is 1. The lowest BCUT2D eigenvalue weighted by Gasteiger charge is -2.02. The number of nitro groups is 1. The molecule has 1 heterocycles. The molecule has 0 saturated carbocycles. The Morgan fingerprint density at radius 2 is 2.36 bits per heavy atom. The maximum absolute atomic E-state index is 10.4. The molecule has 0 amide bonds. The van der Waals surface area contributed by atoms with Crippen LogP contribution in [0.1, 0.15) is 0 Å². The Kier molecular flexibility index (Phi) is 5.50. The summed E-state index contributed by atoms with van der Waals surface area (Å²) in [6.45, 7) is 0.158. The average molecular weight is 220 g/mol. The molecule has 1 rings (SSSR count). The van der Waals surface area contributed by atoms with Crippen molar-refractivity contribution in [2.45, 2.75) is 0 Å². The molecular weight excluding hydrogens is 210 g/mol. The van der Waals surface area contributed by atoms with Gasteiger partial charge in [-0.2, -0.15) is 0 Å². The molecule has 0 radical (unpaired) electrons. The Hall–Kier alpha value is -1.40. The van der Waals surface area contributed by atoms with Crippen LogP contribution in [-0.4, -0.2) is 28.2 Å². The van der Waals surface area contributed by atoms with Gasteiger partial charge in [-0.05, 0) is 6.07 Å². The number of hydrogen-bond donors (Lipinski definition) is 2. The van der Waals surface area contributed by atoms with Crippen LogP contribution in [0.3, 0.4) is 0 Å². The summed E-state index contributed by atoms with van der Waals surface area (Å²) in [4.78, 5) is 13.7. The molecule has 0 spiro atoms. The first-order chi connectivity index (χ1) is 6.25. The molecule has 1 aromatic rings. The van der Waals surface area contributed by atoms with Crippen molar-refractivity contribution in [2.75, 3.05) is 18.5 Å². The van der Waals surface area contributed by atoms with E-state index in [1.165, 1.54) is 18.3 Å². The standard InChI is InChI=1S/C7H9N3O3.ClH/c11-5-4-9-7-6(10(12)13)2-1-3-8-7;/h1-3,11H,4-5H2,(H,8,9);1H. The minimum absolute atomic E-state index is 0. The molecule has 0 aromatic carbocycles. The van der Waals surface area contributed by atoms with E-state index >= 15 is 0 Å². The Balaban J connectivity index is 0.00000169. The van der Waals surface area contributed by atoms with Gasteiger partial charge in [0.05, 0.1) is 11.5 Å². The predicted octanol–water partition coefficient (Wildman–Crippen LogP) is 0.816. The summed E-state index contributed by atoms with van der Waals surface area (Å²) in [5, 5.41) is 21.6. The quantitative estimate of drug-likeness (QED) is 0.578. The molecule has 14 heavy (non-hydrogen) atoms. The molecule has 2 N–H and O–H groups in total. The van der Waals surface area contributed by atoms with Crippen molar-refractivity contribution in [3.05, 3.63) is 28.4 Å². The molecule has 6 nitrogen and oxygen atoms in total. The van der Waals surface area contributed by atoms with Gasteiger partial charge >= 0.3 is 5.69 Å². The molecule has 0 unspecified atom stereocenters. The van der Waals surface area contributed by atoms with Crippen molar-refractivity contribution in [3.63, 3.8) is 0 Å².